The minimum atomic E-state index is -0.515. The summed E-state index contributed by atoms with van der Waals surface area (Å²) >= 11 is 0. The van der Waals surface area contributed by atoms with E-state index in [-0.39, 0.29) is 18.3 Å². The molecule has 0 heterocycles. The summed E-state index contributed by atoms with van der Waals surface area (Å²) in [6.07, 6.45) is 3.33. The van der Waals surface area contributed by atoms with Gasteiger partial charge in [-0.25, -0.2) is 4.79 Å². The lowest BCUT2D eigenvalue weighted by atomic mass is 10.1. The van der Waals surface area contributed by atoms with E-state index in [1.165, 1.54) is 34.1 Å². The Labute approximate surface area is 180 Å². The lowest BCUT2D eigenvalue weighted by Gasteiger charge is -2.13. The van der Waals surface area contributed by atoms with Crippen LogP contribution in [0, 0.1) is 0 Å². The maximum atomic E-state index is 12.0. The van der Waals surface area contributed by atoms with Crippen molar-refractivity contribution >= 4 is 24.0 Å². The molecule has 0 amide bonds. The van der Waals surface area contributed by atoms with E-state index < -0.39 is 11.9 Å². The van der Waals surface area contributed by atoms with Crippen molar-refractivity contribution in [3.8, 4) is 23.0 Å². The second kappa shape index (κ2) is 11.4. The predicted molar refractivity (Wildman–Crippen MR) is 112 cm³/mol. The van der Waals surface area contributed by atoms with E-state index in [1.807, 2.05) is 0 Å². The number of hydrogen-bond acceptors (Lipinski definition) is 8. The third-order valence-electron chi connectivity index (χ3n) is 3.96. The monoisotopic (exact) mass is 428 g/mol. The average molecular weight is 428 g/mol. The predicted octanol–water partition coefficient (Wildman–Crippen LogP) is 3.35. The van der Waals surface area contributed by atoms with Crippen LogP contribution >= 0.6 is 0 Å². The summed E-state index contributed by atoms with van der Waals surface area (Å²) in [5.41, 5.74) is 1.53. The number of carbonyl (C=O) groups is 3. The van der Waals surface area contributed by atoms with Gasteiger partial charge in [0.05, 0.1) is 20.8 Å². The summed E-state index contributed by atoms with van der Waals surface area (Å²) in [6, 6.07) is 10.2. The summed E-state index contributed by atoms with van der Waals surface area (Å²) in [5, 5.41) is 0. The highest BCUT2D eigenvalue weighted by atomic mass is 16.6. The molecule has 0 fully saturated rings. The molecule has 0 aliphatic carbocycles. The highest BCUT2D eigenvalue weighted by Gasteiger charge is 2.15. The number of esters is 3. The minimum Gasteiger partial charge on any atom is -0.493 e. The molecule has 2 rings (SSSR count). The van der Waals surface area contributed by atoms with Gasteiger partial charge in [-0.3, -0.25) is 9.59 Å². The van der Waals surface area contributed by atoms with Gasteiger partial charge in [0.2, 0.25) is 5.75 Å². The van der Waals surface area contributed by atoms with Gasteiger partial charge in [0.15, 0.2) is 11.5 Å². The normalized spacial score (nSPS) is 10.5. The van der Waals surface area contributed by atoms with Crippen molar-refractivity contribution in [3.63, 3.8) is 0 Å². The second-order valence-corrected chi connectivity index (χ2v) is 6.34. The topological polar surface area (TPSA) is 97.4 Å². The van der Waals surface area contributed by atoms with Crippen LogP contribution in [-0.4, -0.2) is 38.7 Å². The largest absolute Gasteiger partial charge is 0.493 e. The number of carbonyl (C=O) groups excluding carboxylic acids is 3. The fourth-order valence-electron chi connectivity index (χ4n) is 2.61. The van der Waals surface area contributed by atoms with Crippen LogP contribution in [0.4, 0.5) is 0 Å². The third-order valence-corrected chi connectivity index (χ3v) is 3.96. The number of rotatable bonds is 9. The van der Waals surface area contributed by atoms with Gasteiger partial charge in [0.25, 0.3) is 0 Å². The van der Waals surface area contributed by atoms with E-state index >= 15 is 0 Å². The summed E-state index contributed by atoms with van der Waals surface area (Å²) in [4.78, 5) is 34.2. The van der Waals surface area contributed by atoms with Crippen molar-refractivity contribution in [2.75, 3.05) is 20.8 Å². The summed E-state index contributed by atoms with van der Waals surface area (Å²) < 4.78 is 25.8. The zero-order valence-electron chi connectivity index (χ0n) is 17.8. The molecule has 0 radical (unpaired) electrons. The Balaban J connectivity index is 1.95. The fourth-order valence-corrected chi connectivity index (χ4v) is 2.61. The van der Waals surface area contributed by atoms with Gasteiger partial charge in [-0.15, -0.1) is 0 Å². The first-order valence-corrected chi connectivity index (χ1v) is 9.39. The quantitative estimate of drug-likeness (QED) is 0.341. The number of ether oxygens (including phenoxy) is 5. The second-order valence-electron chi connectivity index (χ2n) is 6.34. The smallest absolute Gasteiger partial charge is 0.330 e. The van der Waals surface area contributed by atoms with E-state index in [2.05, 4.69) is 0 Å². The lowest BCUT2D eigenvalue weighted by Crippen LogP contribution is -2.06. The third kappa shape index (κ3) is 7.50. The van der Waals surface area contributed by atoms with Crippen LogP contribution in [0.5, 0.6) is 23.0 Å². The molecule has 0 saturated carbocycles. The zero-order valence-corrected chi connectivity index (χ0v) is 17.8. The van der Waals surface area contributed by atoms with Gasteiger partial charge >= 0.3 is 17.9 Å². The van der Waals surface area contributed by atoms with E-state index in [9.17, 15) is 14.4 Å². The van der Waals surface area contributed by atoms with Crippen LogP contribution < -0.4 is 18.9 Å². The Kier molecular flexibility index (Phi) is 8.63. The maximum absolute atomic E-state index is 12.0. The molecule has 0 spiro atoms. The Hall–Kier alpha value is -3.81. The van der Waals surface area contributed by atoms with Crippen molar-refractivity contribution in [2.24, 2.45) is 0 Å². The highest BCUT2D eigenvalue weighted by Crippen LogP contribution is 2.39. The molecule has 0 N–H and O–H groups in total. The van der Waals surface area contributed by atoms with E-state index in [4.69, 9.17) is 23.7 Å². The molecule has 2 aromatic carbocycles. The molecule has 0 saturated heterocycles. The first-order valence-electron chi connectivity index (χ1n) is 9.39. The summed E-state index contributed by atoms with van der Waals surface area (Å²) in [5.74, 6) is -0.203. The molecule has 0 aliphatic rings. The van der Waals surface area contributed by atoms with Gasteiger partial charge in [-0.05, 0) is 41.5 Å². The van der Waals surface area contributed by atoms with Gasteiger partial charge in [0.1, 0.15) is 5.75 Å². The van der Waals surface area contributed by atoms with Crippen LogP contribution in [0.3, 0.4) is 0 Å². The van der Waals surface area contributed by atoms with Crippen LogP contribution in [-0.2, 0) is 25.5 Å². The molecule has 0 unspecified atom stereocenters. The summed E-state index contributed by atoms with van der Waals surface area (Å²) in [7, 11) is 2.87. The average Bonchev–Trinajstić information content (AvgIpc) is 2.73. The number of hydrogen-bond donors (Lipinski definition) is 0. The van der Waals surface area contributed by atoms with Gasteiger partial charge in [-0.1, -0.05) is 12.1 Å². The van der Waals surface area contributed by atoms with Crippen molar-refractivity contribution in [1.29, 1.82) is 0 Å². The molecule has 0 bridgehead atoms. The Morgan fingerprint density at radius 1 is 0.871 bits per heavy atom. The Morgan fingerprint density at radius 3 is 1.97 bits per heavy atom. The van der Waals surface area contributed by atoms with Crippen molar-refractivity contribution < 1.29 is 38.1 Å². The van der Waals surface area contributed by atoms with Gasteiger partial charge in [0, 0.05) is 26.3 Å². The molecular weight excluding hydrogens is 404 g/mol. The first-order chi connectivity index (χ1) is 14.8. The van der Waals surface area contributed by atoms with Crippen molar-refractivity contribution in [3.05, 3.63) is 53.6 Å². The number of benzene rings is 2. The van der Waals surface area contributed by atoms with E-state index in [0.717, 1.165) is 5.56 Å². The molecule has 0 aliphatic heterocycles. The molecule has 2 aromatic rings. The molecule has 8 nitrogen and oxygen atoms in total. The van der Waals surface area contributed by atoms with Gasteiger partial charge < -0.3 is 23.7 Å². The SMILES string of the molecule is COc1cc(/C=C/C(=O)OCCc2ccc(OC(C)=O)cc2)cc(OC)c1OC(C)=O. The van der Waals surface area contributed by atoms with E-state index in [0.29, 0.717) is 29.2 Å². The van der Waals surface area contributed by atoms with Crippen LogP contribution in [0.25, 0.3) is 6.08 Å². The van der Waals surface area contributed by atoms with Gasteiger partial charge in [-0.2, -0.15) is 0 Å². The molecule has 31 heavy (non-hydrogen) atoms. The van der Waals surface area contributed by atoms with Crippen LogP contribution in [0.15, 0.2) is 42.5 Å². The van der Waals surface area contributed by atoms with Crippen LogP contribution in [0.1, 0.15) is 25.0 Å². The van der Waals surface area contributed by atoms with Crippen molar-refractivity contribution in [1.82, 2.24) is 0 Å². The fraction of sp³-hybridized carbons (Fsp3) is 0.261. The Morgan fingerprint density at radius 2 is 1.45 bits per heavy atom. The highest BCUT2D eigenvalue weighted by molar-refractivity contribution is 5.87. The Bertz CT molecular complexity index is 935. The number of methoxy groups -OCH3 is 2. The molecule has 8 heteroatoms. The summed E-state index contributed by atoms with van der Waals surface area (Å²) in [6.45, 7) is 2.80. The van der Waals surface area contributed by atoms with E-state index in [1.54, 1.807) is 42.5 Å². The lowest BCUT2D eigenvalue weighted by molar-refractivity contribution is -0.137. The maximum Gasteiger partial charge on any atom is 0.330 e. The minimum absolute atomic E-state index is 0.164. The molecular formula is C23H24O8. The molecule has 164 valence electrons. The first kappa shape index (κ1) is 23.5. The van der Waals surface area contributed by atoms with Crippen LogP contribution in [0.2, 0.25) is 0 Å². The van der Waals surface area contributed by atoms with Crippen molar-refractivity contribution in [2.45, 2.75) is 20.3 Å². The zero-order chi connectivity index (χ0) is 22.8. The molecule has 0 atom stereocenters. The standard InChI is InChI=1S/C23H24O8/c1-15(24)30-19-8-5-17(6-9-19)11-12-29-22(26)10-7-18-13-20(27-3)23(31-16(2)25)21(14-18)28-4/h5-10,13-14H,11-12H2,1-4H3/b10-7+. The molecule has 0 aromatic heterocycles.